The predicted molar refractivity (Wildman–Crippen MR) is 77.5 cm³/mol. The van der Waals surface area contributed by atoms with Gasteiger partial charge in [-0.3, -0.25) is 4.57 Å². The van der Waals surface area contributed by atoms with Crippen molar-refractivity contribution in [2.45, 2.75) is 37.7 Å². The van der Waals surface area contributed by atoms with Crippen LogP contribution in [0.2, 0.25) is 0 Å². The Morgan fingerprint density at radius 2 is 2.21 bits per heavy atom. The lowest BCUT2D eigenvalue weighted by molar-refractivity contribution is -0.196. The highest BCUT2D eigenvalue weighted by atomic mass is 19.2. The molecule has 1 aliphatic heterocycles. The van der Waals surface area contributed by atoms with E-state index in [4.69, 9.17) is 20.3 Å². The second-order valence-corrected chi connectivity index (χ2v) is 5.65. The zero-order valence-corrected chi connectivity index (χ0v) is 13.0. The number of hydrogen-bond donors (Lipinski definition) is 3. The summed E-state index contributed by atoms with van der Waals surface area (Å²) in [6.45, 7) is 1.83. The van der Waals surface area contributed by atoms with Gasteiger partial charge in [-0.1, -0.05) is 0 Å². The number of rotatable bonds is 4. The van der Waals surface area contributed by atoms with Crippen LogP contribution in [0.4, 0.5) is 14.7 Å². The molecule has 1 unspecified atom stereocenters. The first-order valence-electron chi connectivity index (χ1n) is 7.21. The minimum absolute atomic E-state index is 0.0746. The summed E-state index contributed by atoms with van der Waals surface area (Å²) in [5, 5.41) is 19.4. The lowest BCUT2D eigenvalue weighted by Gasteiger charge is -2.25. The molecule has 0 saturated carbocycles. The Hall–Kier alpha value is -2.11. The normalized spacial score (nSPS) is 33.2. The molecule has 9 nitrogen and oxygen atoms in total. The topological polar surface area (TPSA) is 129 Å². The van der Waals surface area contributed by atoms with Crippen molar-refractivity contribution in [3.8, 4) is 5.88 Å². The van der Waals surface area contributed by atoms with E-state index >= 15 is 0 Å². The summed E-state index contributed by atoms with van der Waals surface area (Å²) in [5.41, 5.74) is 3.61. The van der Waals surface area contributed by atoms with Crippen LogP contribution < -0.4 is 10.5 Å². The van der Waals surface area contributed by atoms with Crippen LogP contribution in [-0.4, -0.2) is 60.6 Å². The van der Waals surface area contributed by atoms with Gasteiger partial charge in [-0.15, -0.1) is 0 Å². The van der Waals surface area contributed by atoms with Crippen LogP contribution in [0.25, 0.3) is 11.2 Å². The number of aliphatic hydroxyl groups excluding tert-OH is 1. The molecule has 0 amide bonds. The molecule has 3 rings (SSSR count). The quantitative estimate of drug-likeness (QED) is 0.711. The lowest BCUT2D eigenvalue weighted by Crippen LogP contribution is -2.45. The first-order valence-corrected chi connectivity index (χ1v) is 7.21. The fourth-order valence-corrected chi connectivity index (χ4v) is 2.70. The Morgan fingerprint density at radius 3 is 2.79 bits per heavy atom. The van der Waals surface area contributed by atoms with Crippen molar-refractivity contribution < 1.29 is 28.5 Å². The number of nitrogens with two attached hydrogens (primary N) is 1. The monoisotopic (exact) mass is 345 g/mol. The van der Waals surface area contributed by atoms with Gasteiger partial charge in [0.05, 0.1) is 12.9 Å². The maximum Gasteiger partial charge on any atom is 0.268 e. The second kappa shape index (κ2) is 5.46. The number of aliphatic hydroxyl groups is 2. The number of fused-ring (bicyclic) bond motifs is 1. The molecule has 0 aliphatic carbocycles. The highest BCUT2D eigenvalue weighted by Gasteiger charge is 2.64. The minimum atomic E-state index is -3.05. The molecule has 2 aromatic heterocycles. The van der Waals surface area contributed by atoms with Gasteiger partial charge >= 0.3 is 0 Å². The van der Waals surface area contributed by atoms with E-state index in [1.807, 2.05) is 0 Å². The molecule has 0 radical (unpaired) electrons. The van der Waals surface area contributed by atoms with Crippen molar-refractivity contribution in [2.75, 3.05) is 18.9 Å². The van der Waals surface area contributed by atoms with Gasteiger partial charge in [-0.05, 0) is 13.8 Å². The summed E-state index contributed by atoms with van der Waals surface area (Å²) < 4.78 is 40.0. The van der Waals surface area contributed by atoms with Crippen LogP contribution in [0.1, 0.15) is 20.1 Å². The number of ether oxygens (including phenoxy) is 2. The Labute approximate surface area is 135 Å². The summed E-state index contributed by atoms with van der Waals surface area (Å²) in [4.78, 5) is 11.9. The standard InChI is InChI=1S/C13H17F2N5O4/c1-3-23-8-6-7(18-11(16)19-8)20(5-17-6)10-12(2,22)9(14)13(15,4-21)24-10/h5,9-10,21-22H,3-4H2,1-2H3,(H2,16,18,19)/t9-,10?,12+,13+/m0/s1. The third-order valence-electron chi connectivity index (χ3n) is 3.86. The van der Waals surface area contributed by atoms with Gasteiger partial charge in [0.1, 0.15) is 12.2 Å². The van der Waals surface area contributed by atoms with E-state index in [1.165, 1.54) is 6.33 Å². The Bertz CT molecular complexity index is 770. The fraction of sp³-hybridized carbons (Fsp3) is 0.615. The van der Waals surface area contributed by atoms with Crippen LogP contribution in [0.3, 0.4) is 0 Å². The largest absolute Gasteiger partial charge is 0.476 e. The van der Waals surface area contributed by atoms with E-state index in [0.29, 0.717) is 6.61 Å². The minimum Gasteiger partial charge on any atom is -0.476 e. The first kappa shape index (κ1) is 16.7. The number of nitrogen functional groups attached to an aromatic ring is 1. The SMILES string of the molecule is CCOc1nc(N)nc2c1ncn2C1O[C@](F)(CO)[C@@H](F)[C@@]1(C)O. The highest BCUT2D eigenvalue weighted by Crippen LogP contribution is 2.47. The summed E-state index contributed by atoms with van der Waals surface area (Å²) in [6.07, 6.45) is -2.84. The molecule has 4 N–H and O–H groups in total. The van der Waals surface area contributed by atoms with Crippen molar-refractivity contribution >= 4 is 17.1 Å². The molecule has 11 heteroatoms. The number of aromatic nitrogens is 4. The average molecular weight is 345 g/mol. The van der Waals surface area contributed by atoms with Crippen molar-refractivity contribution in [3.05, 3.63) is 6.33 Å². The number of imidazole rings is 1. The van der Waals surface area contributed by atoms with Crippen molar-refractivity contribution in [3.63, 3.8) is 0 Å². The first-order chi connectivity index (χ1) is 11.2. The highest BCUT2D eigenvalue weighted by molar-refractivity contribution is 5.77. The maximum absolute atomic E-state index is 14.3. The van der Waals surface area contributed by atoms with Gasteiger partial charge in [0.15, 0.2) is 23.6 Å². The van der Waals surface area contributed by atoms with Gasteiger partial charge in [-0.2, -0.15) is 9.97 Å². The molecule has 1 fully saturated rings. The van der Waals surface area contributed by atoms with E-state index in [1.54, 1.807) is 6.92 Å². The fourth-order valence-electron chi connectivity index (χ4n) is 2.70. The molecule has 0 spiro atoms. The molecule has 132 valence electrons. The van der Waals surface area contributed by atoms with Gasteiger partial charge < -0.3 is 25.4 Å². The molecule has 1 saturated heterocycles. The zero-order chi connectivity index (χ0) is 17.7. The van der Waals surface area contributed by atoms with Crippen LogP contribution >= 0.6 is 0 Å². The van der Waals surface area contributed by atoms with E-state index in [9.17, 15) is 13.9 Å². The summed E-state index contributed by atoms with van der Waals surface area (Å²) >= 11 is 0. The van der Waals surface area contributed by atoms with Crippen LogP contribution in [0.15, 0.2) is 6.33 Å². The third kappa shape index (κ3) is 2.27. The molecule has 24 heavy (non-hydrogen) atoms. The molecular weight excluding hydrogens is 328 g/mol. The van der Waals surface area contributed by atoms with E-state index in [0.717, 1.165) is 11.5 Å². The zero-order valence-electron chi connectivity index (χ0n) is 13.0. The average Bonchev–Trinajstić information content (AvgIpc) is 3.01. The number of alkyl halides is 2. The smallest absolute Gasteiger partial charge is 0.268 e. The maximum atomic E-state index is 14.3. The molecule has 3 heterocycles. The summed E-state index contributed by atoms with van der Waals surface area (Å²) in [6, 6.07) is 0. The summed E-state index contributed by atoms with van der Waals surface area (Å²) in [5.74, 6) is -3.09. The van der Waals surface area contributed by atoms with Crippen LogP contribution in [-0.2, 0) is 4.74 Å². The van der Waals surface area contributed by atoms with Gasteiger partial charge in [0, 0.05) is 0 Å². The van der Waals surface area contributed by atoms with E-state index in [-0.39, 0.29) is 23.0 Å². The third-order valence-corrected chi connectivity index (χ3v) is 3.86. The number of anilines is 1. The van der Waals surface area contributed by atoms with Crippen LogP contribution in [0, 0.1) is 0 Å². The second-order valence-electron chi connectivity index (χ2n) is 5.65. The molecular formula is C13H17F2N5O4. The number of hydrogen-bond acceptors (Lipinski definition) is 8. The summed E-state index contributed by atoms with van der Waals surface area (Å²) in [7, 11) is 0. The van der Waals surface area contributed by atoms with Crippen molar-refractivity contribution in [1.29, 1.82) is 0 Å². The number of nitrogens with zero attached hydrogens (tertiary/aromatic N) is 4. The van der Waals surface area contributed by atoms with Crippen LogP contribution in [0.5, 0.6) is 5.88 Å². The van der Waals surface area contributed by atoms with E-state index < -0.39 is 30.5 Å². The van der Waals surface area contributed by atoms with Gasteiger partial charge in [0.2, 0.25) is 11.8 Å². The Morgan fingerprint density at radius 1 is 1.50 bits per heavy atom. The van der Waals surface area contributed by atoms with Crippen molar-refractivity contribution in [1.82, 2.24) is 19.5 Å². The molecule has 4 atom stereocenters. The predicted octanol–water partition coefficient (Wildman–Crippen LogP) is 0.0832. The van der Waals surface area contributed by atoms with Crippen molar-refractivity contribution in [2.24, 2.45) is 0 Å². The lowest BCUT2D eigenvalue weighted by atomic mass is 9.97. The number of halogens is 2. The van der Waals surface area contributed by atoms with Gasteiger partial charge in [0.25, 0.3) is 5.85 Å². The molecule has 0 aromatic carbocycles. The molecule has 1 aliphatic rings. The van der Waals surface area contributed by atoms with E-state index in [2.05, 4.69) is 15.0 Å². The van der Waals surface area contributed by atoms with Gasteiger partial charge in [-0.25, -0.2) is 13.8 Å². The Balaban J connectivity index is 2.13. The molecule has 0 bridgehead atoms. The molecule has 2 aromatic rings. The Kier molecular flexibility index (Phi) is 3.81.